The lowest BCUT2D eigenvalue weighted by Crippen LogP contribution is -2.16. The maximum Gasteiger partial charge on any atom is 0.307 e. The number of carbonyl (C=O) groups is 2. The van der Waals surface area contributed by atoms with Crippen LogP contribution in [-0.2, 0) is 16.0 Å². The number of anilines is 1. The predicted octanol–water partition coefficient (Wildman–Crippen LogP) is 3.08. The highest BCUT2D eigenvalue weighted by molar-refractivity contribution is 5.92. The molecule has 1 atom stereocenters. The fourth-order valence-electron chi connectivity index (χ4n) is 2.07. The van der Waals surface area contributed by atoms with E-state index in [1.165, 1.54) is 0 Å². The second-order valence-corrected chi connectivity index (χ2v) is 4.87. The molecule has 1 aromatic carbocycles. The Bertz CT molecular complexity index is 443. The molecule has 19 heavy (non-hydrogen) atoms. The second-order valence-electron chi connectivity index (χ2n) is 4.87. The molecule has 0 radical (unpaired) electrons. The topological polar surface area (TPSA) is 66.4 Å². The summed E-state index contributed by atoms with van der Waals surface area (Å²) in [6.45, 7) is 4.14. The molecule has 2 N–H and O–H groups in total. The number of rotatable bonds is 7. The molecule has 0 saturated carbocycles. The number of hydrogen-bond acceptors (Lipinski definition) is 2. The molecular formula is C15H21NO3. The highest BCUT2D eigenvalue weighted by Gasteiger charge is 2.11. The SMILES string of the molecule is CCCC(C)CC(=O)Nc1ccccc1CC(=O)O. The predicted molar refractivity (Wildman–Crippen MR) is 75.1 cm³/mol. The quantitative estimate of drug-likeness (QED) is 0.794. The Hall–Kier alpha value is -1.84. The van der Waals surface area contributed by atoms with E-state index >= 15 is 0 Å². The minimum absolute atomic E-state index is 0.0567. The summed E-state index contributed by atoms with van der Waals surface area (Å²) in [6, 6.07) is 7.02. The average Bonchev–Trinajstić information content (AvgIpc) is 2.31. The van der Waals surface area contributed by atoms with E-state index < -0.39 is 5.97 Å². The molecule has 1 amide bonds. The molecule has 0 fully saturated rings. The van der Waals surface area contributed by atoms with Gasteiger partial charge in [-0.05, 0) is 17.5 Å². The lowest BCUT2D eigenvalue weighted by atomic mass is 10.0. The fourth-order valence-corrected chi connectivity index (χ4v) is 2.07. The smallest absolute Gasteiger partial charge is 0.307 e. The van der Waals surface area contributed by atoms with Crippen molar-refractivity contribution in [3.63, 3.8) is 0 Å². The maximum atomic E-state index is 11.9. The van der Waals surface area contributed by atoms with Crippen molar-refractivity contribution in [2.45, 2.75) is 39.5 Å². The summed E-state index contributed by atoms with van der Waals surface area (Å²) < 4.78 is 0. The van der Waals surface area contributed by atoms with Crippen LogP contribution in [0.25, 0.3) is 0 Å². The van der Waals surface area contributed by atoms with Crippen molar-refractivity contribution >= 4 is 17.6 Å². The van der Waals surface area contributed by atoms with Gasteiger partial charge in [-0.25, -0.2) is 0 Å². The molecule has 0 aromatic heterocycles. The second kappa shape index (κ2) is 7.56. The summed E-state index contributed by atoms with van der Waals surface area (Å²) in [7, 11) is 0. The molecule has 4 heteroatoms. The molecule has 0 saturated heterocycles. The Morgan fingerprint density at radius 3 is 2.63 bits per heavy atom. The van der Waals surface area contributed by atoms with Crippen molar-refractivity contribution in [1.82, 2.24) is 0 Å². The lowest BCUT2D eigenvalue weighted by molar-refractivity contribution is -0.136. The van der Waals surface area contributed by atoms with E-state index in [4.69, 9.17) is 5.11 Å². The molecule has 0 aliphatic carbocycles. The van der Waals surface area contributed by atoms with Gasteiger partial charge >= 0.3 is 5.97 Å². The Kier molecular flexibility index (Phi) is 6.06. The molecule has 0 aliphatic rings. The minimum Gasteiger partial charge on any atom is -0.481 e. The van der Waals surface area contributed by atoms with Crippen LogP contribution in [0, 0.1) is 5.92 Å². The molecule has 0 spiro atoms. The van der Waals surface area contributed by atoms with Gasteiger partial charge < -0.3 is 10.4 Å². The number of nitrogens with one attached hydrogen (secondary N) is 1. The summed E-state index contributed by atoms with van der Waals surface area (Å²) in [5, 5.41) is 11.6. The third-order valence-electron chi connectivity index (χ3n) is 2.95. The minimum atomic E-state index is -0.902. The number of amides is 1. The molecule has 0 bridgehead atoms. The summed E-state index contributed by atoms with van der Waals surface area (Å²) in [6.07, 6.45) is 2.46. The fraction of sp³-hybridized carbons (Fsp3) is 0.467. The number of benzene rings is 1. The number of carboxylic acids is 1. The van der Waals surface area contributed by atoms with Gasteiger partial charge in [-0.3, -0.25) is 9.59 Å². The van der Waals surface area contributed by atoms with Crippen LogP contribution in [0.1, 0.15) is 38.7 Å². The van der Waals surface area contributed by atoms with Crippen LogP contribution < -0.4 is 5.32 Å². The van der Waals surface area contributed by atoms with Gasteiger partial charge in [0.1, 0.15) is 0 Å². The first-order valence-electron chi connectivity index (χ1n) is 6.62. The third-order valence-corrected chi connectivity index (χ3v) is 2.95. The number of aliphatic carboxylic acids is 1. The molecular weight excluding hydrogens is 242 g/mol. The van der Waals surface area contributed by atoms with Gasteiger partial charge in [-0.2, -0.15) is 0 Å². The zero-order valence-corrected chi connectivity index (χ0v) is 11.5. The number of hydrogen-bond donors (Lipinski definition) is 2. The van der Waals surface area contributed by atoms with Crippen molar-refractivity contribution in [2.75, 3.05) is 5.32 Å². The molecule has 0 heterocycles. The van der Waals surface area contributed by atoms with Crippen molar-refractivity contribution in [3.8, 4) is 0 Å². The van der Waals surface area contributed by atoms with Crippen LogP contribution in [0.3, 0.4) is 0 Å². The van der Waals surface area contributed by atoms with Gasteiger partial charge in [0.2, 0.25) is 5.91 Å². The standard InChI is InChI=1S/C15H21NO3/c1-3-6-11(2)9-14(17)16-13-8-5-4-7-12(13)10-15(18)19/h4-5,7-8,11H,3,6,9-10H2,1-2H3,(H,16,17)(H,18,19). The third kappa shape index (κ3) is 5.55. The first-order valence-corrected chi connectivity index (χ1v) is 6.62. The van der Waals surface area contributed by atoms with Gasteiger partial charge in [-0.1, -0.05) is 44.9 Å². The molecule has 1 unspecified atom stereocenters. The Balaban J connectivity index is 2.65. The average molecular weight is 263 g/mol. The van der Waals surface area contributed by atoms with Crippen LogP contribution in [-0.4, -0.2) is 17.0 Å². The normalized spacial score (nSPS) is 11.9. The highest BCUT2D eigenvalue weighted by atomic mass is 16.4. The van der Waals surface area contributed by atoms with E-state index in [-0.39, 0.29) is 12.3 Å². The zero-order chi connectivity index (χ0) is 14.3. The van der Waals surface area contributed by atoms with E-state index in [0.29, 0.717) is 23.6 Å². The summed E-state index contributed by atoms with van der Waals surface area (Å²) in [5.41, 5.74) is 1.23. The number of carbonyl (C=O) groups excluding carboxylic acids is 1. The molecule has 1 aromatic rings. The van der Waals surface area contributed by atoms with Gasteiger partial charge in [0.25, 0.3) is 0 Å². The van der Waals surface area contributed by atoms with Crippen LogP contribution in [0.5, 0.6) is 0 Å². The van der Waals surface area contributed by atoms with Crippen molar-refractivity contribution in [3.05, 3.63) is 29.8 Å². The van der Waals surface area contributed by atoms with E-state index in [1.807, 2.05) is 6.92 Å². The monoisotopic (exact) mass is 263 g/mol. The van der Waals surface area contributed by atoms with Gasteiger partial charge in [0, 0.05) is 12.1 Å². The van der Waals surface area contributed by atoms with Crippen molar-refractivity contribution in [1.29, 1.82) is 0 Å². The summed E-state index contributed by atoms with van der Waals surface area (Å²) in [4.78, 5) is 22.6. The van der Waals surface area contributed by atoms with Crippen LogP contribution in [0.4, 0.5) is 5.69 Å². The van der Waals surface area contributed by atoms with Gasteiger partial charge in [0.05, 0.1) is 6.42 Å². The largest absolute Gasteiger partial charge is 0.481 e. The van der Waals surface area contributed by atoms with Crippen LogP contribution in [0.2, 0.25) is 0 Å². The molecule has 4 nitrogen and oxygen atoms in total. The van der Waals surface area contributed by atoms with Gasteiger partial charge in [0.15, 0.2) is 0 Å². The Morgan fingerprint density at radius 1 is 1.32 bits per heavy atom. The Morgan fingerprint density at radius 2 is 2.00 bits per heavy atom. The molecule has 0 aliphatic heterocycles. The Labute approximate surface area is 113 Å². The van der Waals surface area contributed by atoms with E-state index in [1.54, 1.807) is 24.3 Å². The van der Waals surface area contributed by atoms with E-state index in [0.717, 1.165) is 12.8 Å². The van der Waals surface area contributed by atoms with Crippen LogP contribution >= 0.6 is 0 Å². The summed E-state index contributed by atoms with van der Waals surface area (Å²) in [5.74, 6) is -0.614. The number of carboxylic acid groups (broad SMARTS) is 1. The summed E-state index contributed by atoms with van der Waals surface area (Å²) >= 11 is 0. The highest BCUT2D eigenvalue weighted by Crippen LogP contribution is 2.17. The van der Waals surface area contributed by atoms with Crippen molar-refractivity contribution in [2.24, 2.45) is 5.92 Å². The first-order chi connectivity index (χ1) is 9.02. The maximum absolute atomic E-state index is 11.9. The molecule has 104 valence electrons. The lowest BCUT2D eigenvalue weighted by Gasteiger charge is -2.12. The first kappa shape index (κ1) is 15.2. The van der Waals surface area contributed by atoms with Crippen LogP contribution in [0.15, 0.2) is 24.3 Å². The van der Waals surface area contributed by atoms with Crippen molar-refractivity contribution < 1.29 is 14.7 Å². The van der Waals surface area contributed by atoms with E-state index in [2.05, 4.69) is 12.2 Å². The van der Waals surface area contributed by atoms with E-state index in [9.17, 15) is 9.59 Å². The zero-order valence-electron chi connectivity index (χ0n) is 11.5. The number of para-hydroxylation sites is 1. The molecule has 1 rings (SSSR count). The van der Waals surface area contributed by atoms with Gasteiger partial charge in [-0.15, -0.1) is 0 Å².